The lowest BCUT2D eigenvalue weighted by Gasteiger charge is -2.15. The molecule has 0 saturated heterocycles. The zero-order valence-electron chi connectivity index (χ0n) is 20.4. The Balaban J connectivity index is 1.82. The lowest BCUT2D eigenvalue weighted by molar-refractivity contribution is -0.137. The van der Waals surface area contributed by atoms with Crippen molar-refractivity contribution < 1.29 is 23.2 Å². The predicted octanol–water partition coefficient (Wildman–Crippen LogP) is 6.64. The number of amidine groups is 1. The highest BCUT2D eigenvalue weighted by atomic mass is 35.5. The third-order valence-electron chi connectivity index (χ3n) is 5.97. The summed E-state index contributed by atoms with van der Waals surface area (Å²) in [5.74, 6) is -0.794. The second-order valence-corrected chi connectivity index (χ2v) is 9.47. The normalized spacial score (nSPS) is 12.8. The van der Waals surface area contributed by atoms with Gasteiger partial charge in [0.2, 0.25) is 0 Å². The van der Waals surface area contributed by atoms with Crippen LogP contribution in [-0.2, 0) is 12.6 Å². The largest absolute Gasteiger partial charge is 0.416 e. The van der Waals surface area contributed by atoms with Crippen LogP contribution in [0, 0.1) is 0 Å². The highest BCUT2D eigenvalue weighted by Gasteiger charge is 2.31. The van der Waals surface area contributed by atoms with Gasteiger partial charge in [0, 0.05) is 22.6 Å². The maximum Gasteiger partial charge on any atom is 0.416 e. The van der Waals surface area contributed by atoms with E-state index in [-0.39, 0.29) is 18.0 Å². The number of carbonyl (C=O) groups is 1. The van der Waals surface area contributed by atoms with Crippen LogP contribution in [0.25, 0.3) is 16.9 Å². The summed E-state index contributed by atoms with van der Waals surface area (Å²) in [5.41, 5.74) is 7.38. The molecule has 0 spiro atoms. The van der Waals surface area contributed by atoms with Crippen molar-refractivity contribution in [3.8, 4) is 16.9 Å². The number of amides is 1. The summed E-state index contributed by atoms with van der Waals surface area (Å²) in [4.78, 5) is 13.5. The number of benzene rings is 3. The van der Waals surface area contributed by atoms with Crippen molar-refractivity contribution in [2.45, 2.75) is 25.6 Å². The van der Waals surface area contributed by atoms with Crippen LogP contribution in [0.2, 0.25) is 10.0 Å². The van der Waals surface area contributed by atoms with Gasteiger partial charge in [0.25, 0.3) is 5.91 Å². The highest BCUT2D eigenvalue weighted by molar-refractivity contribution is 6.32. The molecule has 4 aromatic rings. The third-order valence-corrected chi connectivity index (χ3v) is 6.54. The van der Waals surface area contributed by atoms with Gasteiger partial charge < -0.3 is 16.3 Å². The molecule has 0 bridgehead atoms. The fourth-order valence-corrected chi connectivity index (χ4v) is 4.37. The molecule has 1 heterocycles. The first kappa shape index (κ1) is 28.0. The minimum Gasteiger partial charge on any atom is -0.409 e. The van der Waals surface area contributed by atoms with Crippen LogP contribution in [0.3, 0.4) is 0 Å². The monoisotopic (exact) mass is 575 g/mol. The lowest BCUT2D eigenvalue weighted by Crippen LogP contribution is -2.28. The van der Waals surface area contributed by atoms with Gasteiger partial charge in [-0.25, -0.2) is 4.68 Å². The number of para-hydroxylation sites is 1. The molecule has 12 heteroatoms. The molecule has 0 fully saturated rings. The number of nitrogens with zero attached hydrogens (tertiary/aromatic N) is 3. The van der Waals surface area contributed by atoms with Gasteiger partial charge in [0.15, 0.2) is 5.69 Å². The minimum absolute atomic E-state index is 0.0368. The third kappa shape index (κ3) is 6.18. The van der Waals surface area contributed by atoms with E-state index in [2.05, 4.69) is 15.6 Å². The number of halogens is 5. The van der Waals surface area contributed by atoms with Crippen molar-refractivity contribution in [3.05, 3.63) is 105 Å². The Morgan fingerprint density at radius 1 is 1.08 bits per heavy atom. The quantitative estimate of drug-likeness (QED) is 0.0992. The molecule has 0 aliphatic carbocycles. The standard InChI is InChI=1S/C27H22Cl2F3N5O2/c1-15(16-6-10-18(11-7-16)27(30,31)32)34-26(38)24-20(14-23(33)36-39)25(17-8-12-19(28)13-9-17)37(35-24)22-5-3-2-4-21(22)29/h2-13,15,39H,14H2,1H3,(H2,33,36)(H,34,38). The predicted molar refractivity (Wildman–Crippen MR) is 143 cm³/mol. The Hall–Kier alpha value is -4.02. The number of alkyl halides is 3. The second kappa shape index (κ2) is 11.4. The van der Waals surface area contributed by atoms with E-state index >= 15 is 0 Å². The lowest BCUT2D eigenvalue weighted by atomic mass is 10.0. The van der Waals surface area contributed by atoms with Gasteiger partial charge in [0.05, 0.1) is 28.0 Å². The van der Waals surface area contributed by atoms with Crippen LogP contribution in [-0.4, -0.2) is 26.7 Å². The molecule has 0 radical (unpaired) electrons. The first-order valence-electron chi connectivity index (χ1n) is 11.6. The topological polar surface area (TPSA) is 106 Å². The summed E-state index contributed by atoms with van der Waals surface area (Å²) >= 11 is 12.6. The summed E-state index contributed by atoms with van der Waals surface area (Å²) in [6.07, 6.45) is -4.62. The molecule has 1 aromatic heterocycles. The molecule has 39 heavy (non-hydrogen) atoms. The fraction of sp³-hybridized carbons (Fsp3) is 0.148. The van der Waals surface area contributed by atoms with Crippen molar-refractivity contribution in [1.82, 2.24) is 15.1 Å². The van der Waals surface area contributed by atoms with Crippen molar-refractivity contribution in [2.24, 2.45) is 10.9 Å². The number of nitrogens with two attached hydrogens (primary N) is 1. The number of rotatable bonds is 7. The average molecular weight is 576 g/mol. The van der Waals surface area contributed by atoms with Gasteiger partial charge in [0.1, 0.15) is 5.84 Å². The van der Waals surface area contributed by atoms with Crippen LogP contribution in [0.1, 0.15) is 40.1 Å². The second-order valence-electron chi connectivity index (χ2n) is 8.63. The Bertz CT molecular complexity index is 1520. The summed E-state index contributed by atoms with van der Waals surface area (Å²) in [6, 6.07) is 17.5. The number of aromatic nitrogens is 2. The summed E-state index contributed by atoms with van der Waals surface area (Å²) < 4.78 is 40.4. The number of hydrogen-bond donors (Lipinski definition) is 3. The average Bonchev–Trinajstić information content (AvgIpc) is 3.27. The number of oxime groups is 1. The molecule has 1 unspecified atom stereocenters. The summed E-state index contributed by atoms with van der Waals surface area (Å²) in [6.45, 7) is 1.63. The zero-order valence-corrected chi connectivity index (χ0v) is 21.9. The fourth-order valence-electron chi connectivity index (χ4n) is 4.03. The number of nitrogens with one attached hydrogen (secondary N) is 1. The van der Waals surface area contributed by atoms with E-state index in [1.54, 1.807) is 55.5 Å². The molecular formula is C27H22Cl2F3N5O2. The van der Waals surface area contributed by atoms with Gasteiger partial charge in [-0.05, 0) is 48.9 Å². The molecule has 0 aliphatic rings. The van der Waals surface area contributed by atoms with Crippen LogP contribution in [0.15, 0.2) is 78.0 Å². The highest BCUT2D eigenvalue weighted by Crippen LogP contribution is 2.34. The Morgan fingerprint density at radius 2 is 1.72 bits per heavy atom. The minimum atomic E-state index is -4.47. The molecule has 4 N–H and O–H groups in total. The van der Waals surface area contributed by atoms with E-state index < -0.39 is 23.7 Å². The maximum absolute atomic E-state index is 13.5. The zero-order chi connectivity index (χ0) is 28.3. The van der Waals surface area contributed by atoms with Crippen molar-refractivity contribution in [2.75, 3.05) is 0 Å². The van der Waals surface area contributed by atoms with Crippen molar-refractivity contribution in [3.63, 3.8) is 0 Å². The molecule has 1 atom stereocenters. The first-order valence-corrected chi connectivity index (χ1v) is 12.3. The van der Waals surface area contributed by atoms with E-state index in [0.29, 0.717) is 38.1 Å². The van der Waals surface area contributed by atoms with Gasteiger partial charge in [-0.1, -0.05) is 64.8 Å². The van der Waals surface area contributed by atoms with Gasteiger partial charge >= 0.3 is 6.18 Å². The molecule has 0 aliphatic heterocycles. The van der Waals surface area contributed by atoms with Crippen LogP contribution < -0.4 is 11.1 Å². The Kier molecular flexibility index (Phi) is 8.17. The van der Waals surface area contributed by atoms with E-state index in [0.717, 1.165) is 12.1 Å². The van der Waals surface area contributed by atoms with Crippen LogP contribution in [0.5, 0.6) is 0 Å². The van der Waals surface area contributed by atoms with E-state index in [1.807, 2.05) is 0 Å². The molecule has 0 saturated carbocycles. The molecule has 7 nitrogen and oxygen atoms in total. The summed E-state index contributed by atoms with van der Waals surface area (Å²) in [7, 11) is 0. The maximum atomic E-state index is 13.5. The van der Waals surface area contributed by atoms with Gasteiger partial charge in [-0.3, -0.25) is 4.79 Å². The van der Waals surface area contributed by atoms with Crippen molar-refractivity contribution in [1.29, 1.82) is 0 Å². The van der Waals surface area contributed by atoms with Gasteiger partial charge in [-0.15, -0.1) is 0 Å². The smallest absolute Gasteiger partial charge is 0.409 e. The van der Waals surface area contributed by atoms with Crippen molar-refractivity contribution >= 4 is 34.9 Å². The Morgan fingerprint density at radius 3 is 2.31 bits per heavy atom. The molecule has 1 amide bonds. The van der Waals surface area contributed by atoms with E-state index in [9.17, 15) is 23.2 Å². The molecular weight excluding hydrogens is 554 g/mol. The molecule has 4 rings (SSSR count). The van der Waals surface area contributed by atoms with E-state index in [1.165, 1.54) is 16.8 Å². The van der Waals surface area contributed by atoms with Crippen LogP contribution >= 0.6 is 23.2 Å². The number of carbonyl (C=O) groups excluding carboxylic acids is 1. The molecule has 3 aromatic carbocycles. The van der Waals surface area contributed by atoms with E-state index in [4.69, 9.17) is 28.9 Å². The number of hydrogen-bond acceptors (Lipinski definition) is 4. The molecule has 202 valence electrons. The first-order chi connectivity index (χ1) is 18.5. The SMILES string of the molecule is CC(NC(=O)c1nn(-c2ccccc2Cl)c(-c2ccc(Cl)cc2)c1C/C(N)=N\O)c1ccc(C(F)(F)F)cc1. The van der Waals surface area contributed by atoms with Crippen LogP contribution in [0.4, 0.5) is 13.2 Å². The summed E-state index contributed by atoms with van der Waals surface area (Å²) in [5, 5.41) is 20.5. The van der Waals surface area contributed by atoms with Gasteiger partial charge in [-0.2, -0.15) is 18.3 Å². The Labute approximate surface area is 231 Å².